The molecule has 8 heteroatoms. The van der Waals surface area contributed by atoms with Gasteiger partial charge in [0.05, 0.1) is 23.1 Å². The van der Waals surface area contributed by atoms with Crippen LogP contribution < -0.4 is 4.72 Å². The summed E-state index contributed by atoms with van der Waals surface area (Å²) in [6.07, 6.45) is 1.89. The summed E-state index contributed by atoms with van der Waals surface area (Å²) in [5.74, 6) is -0.365. The average Bonchev–Trinajstić information content (AvgIpc) is 2.94. The molecule has 0 aliphatic heterocycles. The van der Waals surface area contributed by atoms with E-state index in [1.807, 2.05) is 13.0 Å². The highest BCUT2D eigenvalue weighted by Crippen LogP contribution is 2.34. The lowest BCUT2D eigenvalue weighted by Crippen LogP contribution is -2.24. The van der Waals surface area contributed by atoms with Gasteiger partial charge in [0.2, 0.25) is 0 Å². The molecule has 26 heavy (non-hydrogen) atoms. The van der Waals surface area contributed by atoms with E-state index in [1.54, 1.807) is 26.0 Å². The number of sulfonamides is 1. The molecule has 140 valence electrons. The van der Waals surface area contributed by atoms with Gasteiger partial charge in [-0.05, 0) is 51.7 Å². The summed E-state index contributed by atoms with van der Waals surface area (Å²) >= 11 is 1.30. The maximum Gasteiger partial charge on any atom is 0.309 e. The van der Waals surface area contributed by atoms with Crippen LogP contribution in [-0.2, 0) is 32.4 Å². The van der Waals surface area contributed by atoms with Crippen molar-refractivity contribution in [2.45, 2.75) is 44.9 Å². The molecule has 1 atom stereocenters. The molecule has 0 bridgehead atoms. The van der Waals surface area contributed by atoms with Crippen LogP contribution in [0.5, 0.6) is 0 Å². The number of thiazole rings is 1. The highest BCUT2D eigenvalue weighted by Gasteiger charge is 2.29. The first-order valence-electron chi connectivity index (χ1n) is 8.55. The van der Waals surface area contributed by atoms with E-state index in [1.165, 1.54) is 11.3 Å². The van der Waals surface area contributed by atoms with E-state index in [0.29, 0.717) is 36.6 Å². The number of carbonyl (C=O) groups excluding carboxylic acids is 1. The molecule has 1 heterocycles. The fourth-order valence-electron chi connectivity index (χ4n) is 3.15. The maximum absolute atomic E-state index is 12.7. The Labute approximate surface area is 157 Å². The number of rotatable bonds is 5. The molecular weight excluding hydrogens is 372 g/mol. The Kier molecular flexibility index (Phi) is 5.34. The van der Waals surface area contributed by atoms with Gasteiger partial charge in [-0.15, -0.1) is 11.3 Å². The standard InChI is InChI=1S/C18H22N2O4S2/c1-4-24-17(21)13-6-7-14-15(10-13)25-18(19-14)20-26(22,23)16-8-5-11(2)9-12(16)3/h5,8-9,13H,4,6-7,10H2,1-3H3,(H,19,20). The first-order valence-corrected chi connectivity index (χ1v) is 10.9. The first kappa shape index (κ1) is 18.8. The Morgan fingerprint density at radius 1 is 1.38 bits per heavy atom. The van der Waals surface area contributed by atoms with Crippen molar-refractivity contribution in [1.82, 2.24) is 4.98 Å². The number of nitrogens with zero attached hydrogens (tertiary/aromatic N) is 1. The second-order valence-electron chi connectivity index (χ2n) is 6.46. The lowest BCUT2D eigenvalue weighted by atomic mass is 9.91. The molecule has 3 rings (SSSR count). The van der Waals surface area contributed by atoms with Crippen LogP contribution >= 0.6 is 11.3 Å². The number of esters is 1. The molecule has 0 amide bonds. The first-order chi connectivity index (χ1) is 12.3. The minimum Gasteiger partial charge on any atom is -0.466 e. The molecule has 0 fully saturated rings. The number of nitrogens with one attached hydrogen (secondary N) is 1. The third kappa shape index (κ3) is 3.91. The van der Waals surface area contributed by atoms with Crippen molar-refractivity contribution in [2.75, 3.05) is 11.3 Å². The zero-order chi connectivity index (χ0) is 18.9. The summed E-state index contributed by atoms with van der Waals surface area (Å²) in [6, 6.07) is 5.22. The highest BCUT2D eigenvalue weighted by molar-refractivity contribution is 7.93. The predicted octanol–water partition coefficient (Wildman–Crippen LogP) is 3.23. The van der Waals surface area contributed by atoms with Crippen molar-refractivity contribution < 1.29 is 17.9 Å². The summed E-state index contributed by atoms with van der Waals surface area (Å²) in [4.78, 5) is 17.6. The monoisotopic (exact) mass is 394 g/mol. The Morgan fingerprint density at radius 2 is 2.15 bits per heavy atom. The number of aryl methyl sites for hydroxylation is 3. The highest BCUT2D eigenvalue weighted by atomic mass is 32.2. The van der Waals surface area contributed by atoms with Crippen LogP contribution in [0.3, 0.4) is 0 Å². The Morgan fingerprint density at radius 3 is 2.85 bits per heavy atom. The van der Waals surface area contributed by atoms with Crippen LogP contribution in [0.15, 0.2) is 23.1 Å². The maximum atomic E-state index is 12.7. The van der Waals surface area contributed by atoms with Crippen molar-refractivity contribution in [1.29, 1.82) is 0 Å². The smallest absolute Gasteiger partial charge is 0.309 e. The molecule has 1 aliphatic rings. The van der Waals surface area contributed by atoms with Crippen LogP contribution in [0.4, 0.5) is 5.13 Å². The van der Waals surface area contributed by atoms with Gasteiger partial charge in [0.15, 0.2) is 5.13 Å². The van der Waals surface area contributed by atoms with E-state index in [4.69, 9.17) is 4.74 Å². The Hall–Kier alpha value is -1.93. The van der Waals surface area contributed by atoms with Gasteiger partial charge >= 0.3 is 5.97 Å². The summed E-state index contributed by atoms with van der Waals surface area (Å²) in [6.45, 7) is 5.86. The lowest BCUT2D eigenvalue weighted by molar-refractivity contribution is -0.148. The average molecular weight is 395 g/mol. The Bertz CT molecular complexity index is 935. The van der Waals surface area contributed by atoms with E-state index < -0.39 is 10.0 Å². The van der Waals surface area contributed by atoms with Crippen molar-refractivity contribution >= 4 is 32.5 Å². The summed E-state index contributed by atoms with van der Waals surface area (Å²) in [5, 5.41) is 0.347. The van der Waals surface area contributed by atoms with Crippen LogP contribution in [0.25, 0.3) is 0 Å². The fourth-order valence-corrected chi connectivity index (χ4v) is 5.70. The molecular formula is C18H22N2O4S2. The number of hydrogen-bond acceptors (Lipinski definition) is 6. The van der Waals surface area contributed by atoms with E-state index in [-0.39, 0.29) is 16.8 Å². The van der Waals surface area contributed by atoms with Gasteiger partial charge < -0.3 is 4.74 Å². The van der Waals surface area contributed by atoms with Crippen molar-refractivity contribution in [3.05, 3.63) is 39.9 Å². The topological polar surface area (TPSA) is 85.4 Å². The van der Waals surface area contributed by atoms with E-state index in [2.05, 4.69) is 9.71 Å². The molecule has 0 saturated heterocycles. The minimum absolute atomic E-state index is 0.174. The summed E-state index contributed by atoms with van der Waals surface area (Å²) < 4.78 is 33.1. The van der Waals surface area contributed by atoms with Gasteiger partial charge in [-0.3, -0.25) is 9.52 Å². The van der Waals surface area contributed by atoms with Gasteiger partial charge in [0.1, 0.15) is 0 Å². The quantitative estimate of drug-likeness (QED) is 0.787. The third-order valence-corrected chi connectivity index (χ3v) is 7.06. The van der Waals surface area contributed by atoms with Gasteiger partial charge in [0.25, 0.3) is 10.0 Å². The van der Waals surface area contributed by atoms with E-state index in [9.17, 15) is 13.2 Å². The molecule has 0 spiro atoms. The fraction of sp³-hybridized carbons (Fsp3) is 0.444. The Balaban J connectivity index is 1.79. The number of ether oxygens (including phenoxy) is 1. The molecule has 0 saturated carbocycles. The van der Waals surface area contributed by atoms with Crippen molar-refractivity contribution in [3.63, 3.8) is 0 Å². The van der Waals surface area contributed by atoms with Gasteiger partial charge in [-0.2, -0.15) is 0 Å². The van der Waals surface area contributed by atoms with Crippen LogP contribution in [0.1, 0.15) is 35.0 Å². The van der Waals surface area contributed by atoms with Crippen molar-refractivity contribution in [2.24, 2.45) is 5.92 Å². The van der Waals surface area contributed by atoms with E-state index >= 15 is 0 Å². The molecule has 2 aromatic rings. The van der Waals surface area contributed by atoms with Crippen LogP contribution in [0.2, 0.25) is 0 Å². The molecule has 1 aliphatic carbocycles. The number of carbonyl (C=O) groups is 1. The number of aromatic nitrogens is 1. The van der Waals surface area contributed by atoms with E-state index in [0.717, 1.165) is 16.1 Å². The molecule has 1 N–H and O–H groups in total. The van der Waals surface area contributed by atoms with Gasteiger partial charge in [0, 0.05) is 4.88 Å². The number of fused-ring (bicyclic) bond motifs is 1. The SMILES string of the molecule is CCOC(=O)C1CCc2nc(NS(=O)(=O)c3ccc(C)cc3C)sc2C1. The van der Waals surface area contributed by atoms with Crippen LogP contribution in [0, 0.1) is 19.8 Å². The number of hydrogen-bond donors (Lipinski definition) is 1. The number of benzene rings is 1. The minimum atomic E-state index is -3.69. The second-order valence-corrected chi connectivity index (χ2v) is 9.19. The van der Waals surface area contributed by atoms with Gasteiger partial charge in [-0.1, -0.05) is 17.7 Å². The zero-order valence-electron chi connectivity index (χ0n) is 15.0. The molecule has 1 aromatic carbocycles. The third-order valence-electron chi connectivity index (χ3n) is 4.40. The van der Waals surface area contributed by atoms with Gasteiger partial charge in [-0.25, -0.2) is 13.4 Å². The van der Waals surface area contributed by atoms with Crippen LogP contribution in [-0.4, -0.2) is 26.0 Å². The summed E-state index contributed by atoms with van der Waals surface area (Å²) in [5.41, 5.74) is 2.58. The summed E-state index contributed by atoms with van der Waals surface area (Å²) in [7, 11) is -3.69. The second kappa shape index (κ2) is 7.36. The van der Waals surface area contributed by atoms with Crippen molar-refractivity contribution in [3.8, 4) is 0 Å². The lowest BCUT2D eigenvalue weighted by Gasteiger charge is -2.18. The molecule has 6 nitrogen and oxygen atoms in total. The molecule has 0 radical (unpaired) electrons. The molecule has 1 aromatic heterocycles. The normalized spacial score (nSPS) is 16.8. The number of anilines is 1. The molecule has 1 unspecified atom stereocenters. The predicted molar refractivity (Wildman–Crippen MR) is 101 cm³/mol. The largest absolute Gasteiger partial charge is 0.466 e. The zero-order valence-corrected chi connectivity index (χ0v) is 16.7.